The first-order chi connectivity index (χ1) is 22.1. The molecule has 2 aromatic rings. The van der Waals surface area contributed by atoms with E-state index in [0.29, 0.717) is 5.92 Å². The average Bonchev–Trinajstić information content (AvgIpc) is 3.86. The maximum absolute atomic E-state index is 10.5. The molecule has 0 saturated heterocycles. The Bertz CT molecular complexity index is 1350. The molecule has 2 aromatic carbocycles. The fourth-order valence-corrected chi connectivity index (χ4v) is 8.30. The molecule has 2 aliphatic rings. The van der Waals surface area contributed by atoms with Crippen LogP contribution in [0.2, 0.25) is 0 Å². The molecule has 1 saturated carbocycles. The highest BCUT2D eigenvalue weighted by Gasteiger charge is 2.52. The van der Waals surface area contributed by atoms with Crippen LogP contribution in [0.15, 0.2) is 42.5 Å². The lowest BCUT2D eigenvalue weighted by atomic mass is 9.61. The second kappa shape index (κ2) is 16.2. The lowest BCUT2D eigenvalue weighted by molar-refractivity contribution is 0.240. The summed E-state index contributed by atoms with van der Waals surface area (Å²) in [6, 6.07) is 17.4. The van der Waals surface area contributed by atoms with Crippen molar-refractivity contribution in [3.63, 3.8) is 0 Å². The first-order valence-corrected chi connectivity index (χ1v) is 19.5. The number of nitrogens with zero attached hydrogens (tertiary/aromatic N) is 1. The maximum Gasteiger partial charge on any atom is 0.0994 e. The fourth-order valence-electron chi connectivity index (χ4n) is 8.30. The van der Waals surface area contributed by atoms with Crippen LogP contribution in [0.1, 0.15) is 187 Å². The molecule has 4 rings (SSSR count). The zero-order chi connectivity index (χ0) is 33.4. The lowest BCUT2D eigenvalue weighted by Gasteiger charge is -2.42. The van der Waals surface area contributed by atoms with Gasteiger partial charge in [0.1, 0.15) is 0 Å². The Morgan fingerprint density at radius 1 is 0.783 bits per heavy atom. The Morgan fingerprint density at radius 2 is 1.37 bits per heavy atom. The molecule has 0 bridgehead atoms. The molecule has 2 unspecified atom stereocenters. The van der Waals surface area contributed by atoms with Crippen molar-refractivity contribution in [1.29, 1.82) is 5.26 Å². The highest BCUT2D eigenvalue weighted by Crippen LogP contribution is 2.62. The van der Waals surface area contributed by atoms with Gasteiger partial charge in [-0.05, 0) is 101 Å². The summed E-state index contributed by atoms with van der Waals surface area (Å²) < 4.78 is 0. The minimum atomic E-state index is -0.00169. The van der Waals surface area contributed by atoms with Crippen LogP contribution in [0.5, 0.6) is 0 Å². The van der Waals surface area contributed by atoms with Gasteiger partial charge >= 0.3 is 0 Å². The predicted octanol–water partition coefficient (Wildman–Crippen LogP) is 14.1. The molecule has 0 aliphatic heterocycles. The number of hydrogen-bond acceptors (Lipinski definition) is 1. The Morgan fingerprint density at radius 3 is 1.96 bits per heavy atom. The van der Waals surface area contributed by atoms with Gasteiger partial charge in [-0.25, -0.2) is 0 Å². The molecule has 1 nitrogen and oxygen atoms in total. The summed E-state index contributed by atoms with van der Waals surface area (Å²) in [7, 11) is 0. The molecule has 2 atom stereocenters. The van der Waals surface area contributed by atoms with Gasteiger partial charge in [-0.15, -0.1) is 0 Å². The molecule has 0 aromatic heterocycles. The van der Waals surface area contributed by atoms with Crippen molar-refractivity contribution in [2.75, 3.05) is 0 Å². The van der Waals surface area contributed by atoms with E-state index in [0.717, 1.165) is 29.9 Å². The van der Waals surface area contributed by atoms with Gasteiger partial charge in [0.2, 0.25) is 0 Å². The van der Waals surface area contributed by atoms with E-state index in [4.69, 9.17) is 0 Å². The van der Waals surface area contributed by atoms with Gasteiger partial charge in [0.25, 0.3) is 0 Å². The number of benzene rings is 2. The van der Waals surface area contributed by atoms with E-state index in [1.54, 1.807) is 11.1 Å². The van der Waals surface area contributed by atoms with E-state index in [9.17, 15) is 5.26 Å². The Balaban J connectivity index is 1.91. The molecule has 1 fully saturated rings. The lowest BCUT2D eigenvalue weighted by Crippen LogP contribution is -2.37. The van der Waals surface area contributed by atoms with E-state index in [1.807, 2.05) is 0 Å². The Kier molecular flexibility index (Phi) is 12.8. The standard InChI is InChI=1S/C45H67N/c1-9-13-15-17-19-21-29-45(40(34-23-24-34)22-20-18-16-14-10-2)41-30-35(36(33-46)32-43(5,6)11-3)25-27-38(41)39-28-26-37(31-42(39)45)44(7,8)12-4/h25-28,30-32,34,40H,9-24,29H2,1-8H3. The van der Waals surface area contributed by atoms with Crippen molar-refractivity contribution in [1.82, 2.24) is 0 Å². The topological polar surface area (TPSA) is 23.8 Å². The third-order valence-electron chi connectivity index (χ3n) is 12.2. The monoisotopic (exact) mass is 622 g/mol. The first kappa shape index (κ1) is 36.5. The highest BCUT2D eigenvalue weighted by atomic mass is 14.6. The van der Waals surface area contributed by atoms with Crippen molar-refractivity contribution >= 4 is 5.57 Å². The van der Waals surface area contributed by atoms with Crippen molar-refractivity contribution in [2.24, 2.45) is 17.3 Å². The minimum Gasteiger partial charge on any atom is -0.192 e. The summed E-state index contributed by atoms with van der Waals surface area (Å²) >= 11 is 0. The molecule has 0 amide bonds. The van der Waals surface area contributed by atoms with E-state index >= 15 is 0 Å². The molecule has 1 heteroatoms. The minimum absolute atomic E-state index is 0.00169. The third-order valence-corrected chi connectivity index (χ3v) is 12.2. The highest BCUT2D eigenvalue weighted by molar-refractivity contribution is 5.86. The number of allylic oxidation sites excluding steroid dienone is 2. The molecule has 0 radical (unpaired) electrons. The van der Waals surface area contributed by atoms with Crippen LogP contribution < -0.4 is 0 Å². The summed E-state index contributed by atoms with van der Waals surface area (Å²) in [6.45, 7) is 18.6. The smallest absolute Gasteiger partial charge is 0.0994 e. The second-order valence-electron chi connectivity index (χ2n) is 16.4. The molecule has 2 aliphatic carbocycles. The SMILES string of the molecule is CCCCCCCCC1(C(CCCCCCC)C2CC2)c2cc(C(C#N)=CC(C)(C)CC)ccc2-c2ccc(C(C)(C)CC)cc21. The van der Waals surface area contributed by atoms with Gasteiger partial charge in [-0.3, -0.25) is 0 Å². The molecule has 0 spiro atoms. The van der Waals surface area contributed by atoms with Crippen LogP contribution >= 0.6 is 0 Å². The Hall–Kier alpha value is -2.33. The van der Waals surface area contributed by atoms with Crippen LogP contribution in [-0.2, 0) is 10.8 Å². The summed E-state index contributed by atoms with van der Waals surface area (Å²) in [5.74, 6) is 1.49. The largest absolute Gasteiger partial charge is 0.192 e. The van der Waals surface area contributed by atoms with Gasteiger partial charge in [-0.1, -0.05) is 162 Å². The quantitative estimate of drug-likeness (QED) is 0.107. The fraction of sp³-hybridized carbons (Fsp3) is 0.667. The molecule has 46 heavy (non-hydrogen) atoms. The molecule has 252 valence electrons. The van der Waals surface area contributed by atoms with Gasteiger partial charge in [-0.2, -0.15) is 5.26 Å². The summed E-state index contributed by atoms with van der Waals surface area (Å²) in [6.07, 6.45) is 24.5. The van der Waals surface area contributed by atoms with Crippen LogP contribution in [0, 0.1) is 28.6 Å². The number of fused-ring (bicyclic) bond motifs is 3. The molecule has 0 heterocycles. The summed E-state index contributed by atoms with van der Waals surface area (Å²) in [5, 5.41) is 10.5. The van der Waals surface area contributed by atoms with Crippen molar-refractivity contribution in [2.45, 2.75) is 175 Å². The Labute approximate surface area is 284 Å². The van der Waals surface area contributed by atoms with Crippen LogP contribution in [0.3, 0.4) is 0 Å². The van der Waals surface area contributed by atoms with Gasteiger partial charge in [0, 0.05) is 5.41 Å². The van der Waals surface area contributed by atoms with E-state index in [-0.39, 0.29) is 16.2 Å². The van der Waals surface area contributed by atoms with Gasteiger partial charge in [0.15, 0.2) is 0 Å². The maximum atomic E-state index is 10.5. The zero-order valence-corrected chi connectivity index (χ0v) is 31.2. The van der Waals surface area contributed by atoms with E-state index in [2.05, 4.69) is 104 Å². The van der Waals surface area contributed by atoms with Crippen LogP contribution in [0.4, 0.5) is 0 Å². The number of rotatable bonds is 20. The van der Waals surface area contributed by atoms with Gasteiger partial charge < -0.3 is 0 Å². The third kappa shape index (κ3) is 8.20. The normalized spacial score (nSPS) is 18.7. The predicted molar refractivity (Wildman–Crippen MR) is 201 cm³/mol. The number of unbranched alkanes of at least 4 members (excludes halogenated alkanes) is 9. The van der Waals surface area contributed by atoms with E-state index < -0.39 is 0 Å². The first-order valence-electron chi connectivity index (χ1n) is 19.5. The van der Waals surface area contributed by atoms with Crippen molar-refractivity contribution < 1.29 is 0 Å². The molecule has 0 N–H and O–H groups in total. The number of hydrogen-bond donors (Lipinski definition) is 0. The summed E-state index contributed by atoms with van der Waals surface area (Å²) in [4.78, 5) is 0. The summed E-state index contributed by atoms with van der Waals surface area (Å²) in [5.41, 5.74) is 9.70. The van der Waals surface area contributed by atoms with Crippen molar-refractivity contribution in [3.05, 3.63) is 64.7 Å². The molecular formula is C45H67N. The number of nitriles is 1. The van der Waals surface area contributed by atoms with Crippen LogP contribution in [-0.4, -0.2) is 0 Å². The second-order valence-corrected chi connectivity index (χ2v) is 16.4. The average molecular weight is 622 g/mol. The van der Waals surface area contributed by atoms with Crippen molar-refractivity contribution in [3.8, 4) is 17.2 Å². The zero-order valence-electron chi connectivity index (χ0n) is 31.2. The van der Waals surface area contributed by atoms with E-state index in [1.165, 1.54) is 113 Å². The van der Waals surface area contributed by atoms with Gasteiger partial charge in [0.05, 0.1) is 11.6 Å². The van der Waals surface area contributed by atoms with Crippen LogP contribution in [0.25, 0.3) is 16.7 Å². The molecular weight excluding hydrogens is 555 g/mol.